The topological polar surface area (TPSA) is 108 Å². The van der Waals surface area contributed by atoms with Crippen molar-refractivity contribution >= 4 is 17.9 Å². The Bertz CT molecular complexity index is 1870. The predicted octanol–water partition coefficient (Wildman–Crippen LogP) is 20.3. The molecule has 2 atom stereocenters. The van der Waals surface area contributed by atoms with Gasteiger partial charge in [-0.25, -0.2) is 4.79 Å². The first-order valence-corrected chi connectivity index (χ1v) is 33.0. The number of aliphatic carboxylic acids is 1. The highest BCUT2D eigenvalue weighted by atomic mass is 16.7. The Kier molecular flexibility index (Phi) is 59.5. The quantitative estimate of drug-likeness (QED) is 0.0211. The van der Waals surface area contributed by atoms with E-state index in [0.29, 0.717) is 17.4 Å². The summed E-state index contributed by atoms with van der Waals surface area (Å²) in [5, 5.41) is 9.74. The van der Waals surface area contributed by atoms with E-state index in [0.717, 1.165) is 128 Å². The maximum absolute atomic E-state index is 12.9. The fraction of sp³-hybridized carbons (Fsp3) is 0.635. The van der Waals surface area contributed by atoms with Crippen LogP contribution in [0.2, 0.25) is 0 Å². The van der Waals surface area contributed by atoms with Crippen molar-refractivity contribution in [1.82, 2.24) is 0 Å². The Labute approximate surface area is 509 Å². The molecule has 470 valence electrons. The van der Waals surface area contributed by atoms with Gasteiger partial charge in [0.05, 0.1) is 34.4 Å². The van der Waals surface area contributed by atoms with Gasteiger partial charge in [-0.15, -0.1) is 0 Å². The molecule has 0 saturated heterocycles. The molecule has 0 heterocycles. The summed E-state index contributed by atoms with van der Waals surface area (Å²) in [6.45, 7) is 4.63. The van der Waals surface area contributed by atoms with Crippen LogP contribution in [0, 0.1) is 0 Å². The lowest BCUT2D eigenvalue weighted by molar-refractivity contribution is -0.870. The van der Waals surface area contributed by atoms with E-state index in [-0.39, 0.29) is 38.6 Å². The summed E-state index contributed by atoms with van der Waals surface area (Å²) in [6.07, 6.45) is 89.4. The van der Waals surface area contributed by atoms with Crippen molar-refractivity contribution in [2.24, 2.45) is 0 Å². The lowest BCUT2D eigenvalue weighted by Gasteiger charge is -2.25. The van der Waals surface area contributed by atoms with Gasteiger partial charge in [0.15, 0.2) is 6.10 Å². The van der Waals surface area contributed by atoms with E-state index in [1.165, 1.54) is 83.5 Å². The molecule has 1 N–H and O–H groups in total. The molecule has 0 aromatic rings. The van der Waals surface area contributed by atoms with Crippen molar-refractivity contribution in [1.29, 1.82) is 0 Å². The maximum Gasteiger partial charge on any atom is 0.361 e. The number of unbranched alkanes of at least 4 members (excludes halogenated alkanes) is 20. The van der Waals surface area contributed by atoms with Crippen LogP contribution < -0.4 is 0 Å². The van der Waals surface area contributed by atoms with Crippen LogP contribution in [0.1, 0.15) is 245 Å². The highest BCUT2D eigenvalue weighted by molar-refractivity contribution is 5.71. The van der Waals surface area contributed by atoms with Crippen LogP contribution >= 0.6 is 0 Å². The first-order chi connectivity index (χ1) is 40.6. The Hall–Kier alpha value is -4.83. The number of rotatable bonds is 59. The third kappa shape index (κ3) is 64.6. The van der Waals surface area contributed by atoms with Crippen LogP contribution in [0.15, 0.2) is 146 Å². The molecule has 0 bridgehead atoms. The van der Waals surface area contributed by atoms with E-state index < -0.39 is 24.3 Å². The Morgan fingerprint density at radius 2 is 0.651 bits per heavy atom. The first-order valence-electron chi connectivity index (χ1n) is 33.0. The summed E-state index contributed by atoms with van der Waals surface area (Å²) >= 11 is 0. The summed E-state index contributed by atoms with van der Waals surface area (Å²) in [5.74, 6) is -2.03. The summed E-state index contributed by atoms with van der Waals surface area (Å²) in [6, 6.07) is 0. The van der Waals surface area contributed by atoms with Gasteiger partial charge in [-0.1, -0.05) is 262 Å². The van der Waals surface area contributed by atoms with Crippen molar-refractivity contribution < 1.29 is 42.9 Å². The predicted molar refractivity (Wildman–Crippen MR) is 354 cm³/mol. The molecule has 9 heteroatoms. The number of carboxylic acid groups (broad SMARTS) is 1. The zero-order valence-corrected chi connectivity index (χ0v) is 53.5. The number of likely N-dealkylation sites (N-methyl/N-ethyl adjacent to an activating group) is 1. The maximum atomic E-state index is 12.9. The minimum absolute atomic E-state index is 0.179. The number of allylic oxidation sites excluding steroid dienone is 24. The zero-order valence-electron chi connectivity index (χ0n) is 53.5. The van der Waals surface area contributed by atoms with Gasteiger partial charge in [0.1, 0.15) is 13.2 Å². The summed E-state index contributed by atoms with van der Waals surface area (Å²) in [7, 11) is 5.96. The second-order valence-electron chi connectivity index (χ2n) is 22.7. The van der Waals surface area contributed by atoms with Gasteiger partial charge in [-0.2, -0.15) is 0 Å². The number of carbonyl (C=O) groups excluding carboxylic acids is 2. The highest BCUT2D eigenvalue weighted by Crippen LogP contribution is 2.16. The average Bonchev–Trinajstić information content (AvgIpc) is 3.46. The lowest BCUT2D eigenvalue weighted by Crippen LogP contribution is -2.40. The molecular formula is C74H122NO8+. The fourth-order valence-corrected chi connectivity index (χ4v) is 8.61. The zero-order chi connectivity index (χ0) is 60.5. The molecule has 2 unspecified atom stereocenters. The van der Waals surface area contributed by atoms with Crippen molar-refractivity contribution in [3.8, 4) is 0 Å². The van der Waals surface area contributed by atoms with E-state index in [1.807, 2.05) is 21.1 Å². The van der Waals surface area contributed by atoms with Crippen LogP contribution in [0.3, 0.4) is 0 Å². The minimum Gasteiger partial charge on any atom is -0.477 e. The Balaban J connectivity index is 4.21. The van der Waals surface area contributed by atoms with Crippen LogP contribution in [-0.2, 0) is 33.3 Å². The van der Waals surface area contributed by atoms with E-state index in [1.54, 1.807) is 0 Å². The fourth-order valence-electron chi connectivity index (χ4n) is 8.61. The SMILES string of the molecule is CC/C=C\C/C=C\C/C=C\C/C=C\C/C=C\C/C=C\C/C=C\C/C=C\CCCCCCCCCCCCC(=O)OC(COC(=O)CCCCCCCCCCCC/C=C\C/C=C\C/C=C\C/C=C\CC)COC(OCC[N+](C)(C)C)C(=O)O. The van der Waals surface area contributed by atoms with Crippen LogP contribution in [0.4, 0.5) is 0 Å². The Morgan fingerprint density at radius 3 is 0.964 bits per heavy atom. The number of ether oxygens (including phenoxy) is 4. The molecule has 0 aliphatic rings. The van der Waals surface area contributed by atoms with Gasteiger partial charge in [-0.05, 0) is 116 Å². The van der Waals surface area contributed by atoms with Crippen LogP contribution in [0.25, 0.3) is 0 Å². The summed E-state index contributed by atoms with van der Waals surface area (Å²) < 4.78 is 22.9. The number of carboxylic acids is 1. The number of carbonyl (C=O) groups is 3. The summed E-state index contributed by atoms with van der Waals surface area (Å²) in [5.41, 5.74) is 0. The minimum atomic E-state index is -1.52. The van der Waals surface area contributed by atoms with Crippen molar-refractivity contribution in [3.05, 3.63) is 146 Å². The molecule has 0 aromatic heterocycles. The normalized spacial score (nSPS) is 13.7. The van der Waals surface area contributed by atoms with E-state index in [9.17, 15) is 19.5 Å². The monoisotopic (exact) mass is 1150 g/mol. The number of hydrogen-bond donors (Lipinski definition) is 1. The van der Waals surface area contributed by atoms with Crippen molar-refractivity contribution in [2.45, 2.75) is 257 Å². The van der Waals surface area contributed by atoms with Crippen LogP contribution in [0.5, 0.6) is 0 Å². The molecule has 0 aliphatic heterocycles. The second-order valence-corrected chi connectivity index (χ2v) is 22.7. The number of nitrogens with zero attached hydrogens (tertiary/aromatic N) is 1. The smallest absolute Gasteiger partial charge is 0.361 e. The first kappa shape index (κ1) is 78.2. The van der Waals surface area contributed by atoms with Gasteiger partial charge in [-0.3, -0.25) is 9.59 Å². The summed E-state index contributed by atoms with van der Waals surface area (Å²) in [4.78, 5) is 37.6. The highest BCUT2D eigenvalue weighted by Gasteiger charge is 2.25. The number of quaternary nitrogens is 1. The van der Waals surface area contributed by atoms with Gasteiger partial charge < -0.3 is 28.5 Å². The number of hydrogen-bond acceptors (Lipinski definition) is 7. The van der Waals surface area contributed by atoms with E-state index >= 15 is 0 Å². The van der Waals surface area contributed by atoms with Gasteiger partial charge >= 0.3 is 17.9 Å². The van der Waals surface area contributed by atoms with E-state index in [2.05, 4.69) is 160 Å². The molecular weight excluding hydrogens is 1030 g/mol. The molecule has 0 spiro atoms. The van der Waals surface area contributed by atoms with Crippen molar-refractivity contribution in [2.75, 3.05) is 47.5 Å². The number of esters is 2. The largest absolute Gasteiger partial charge is 0.477 e. The molecule has 0 rings (SSSR count). The van der Waals surface area contributed by atoms with Gasteiger partial charge in [0, 0.05) is 12.8 Å². The molecule has 0 radical (unpaired) electrons. The van der Waals surface area contributed by atoms with Gasteiger partial charge in [0.25, 0.3) is 6.29 Å². The third-order valence-corrected chi connectivity index (χ3v) is 13.6. The van der Waals surface area contributed by atoms with Crippen LogP contribution in [-0.4, -0.2) is 87.4 Å². The lowest BCUT2D eigenvalue weighted by atomic mass is 10.0. The average molecular weight is 1150 g/mol. The van der Waals surface area contributed by atoms with Gasteiger partial charge in [0.2, 0.25) is 0 Å². The molecule has 83 heavy (non-hydrogen) atoms. The Morgan fingerprint density at radius 1 is 0.361 bits per heavy atom. The molecule has 0 aliphatic carbocycles. The third-order valence-electron chi connectivity index (χ3n) is 13.6. The molecule has 0 aromatic carbocycles. The van der Waals surface area contributed by atoms with Crippen molar-refractivity contribution in [3.63, 3.8) is 0 Å². The molecule has 0 amide bonds. The molecule has 0 fully saturated rings. The second kappa shape index (κ2) is 63.2. The molecule has 0 saturated carbocycles. The standard InChI is InChI=1S/C74H121NO8/c1-6-8-10-12-14-16-18-20-22-24-26-28-30-31-32-33-34-35-36-37-38-39-40-41-43-45-47-49-51-53-55-57-59-61-63-65-72(77)83-70(69-82-74(73(78)79)80-67-66-75(3,4)5)68-81-71(76)64-62-60-58-56-54-52-50-48-46-44-42-29-27-25-23-21-19-17-15-13-11-9-7-2/h8-11,14-17,20-23,26-29,31-32,34-35,37-38,40-41,70,74H,6-7,12-13,18-19,24-25,30,33,36,39,42-69H2,1-5H3/p+1/b10-8-,11-9-,16-14-,17-15-,22-20-,23-21-,28-26-,29-27-,32-31-,35-34-,38-37-,41-40-. The molecule has 9 nitrogen and oxygen atoms in total. The van der Waals surface area contributed by atoms with E-state index in [4.69, 9.17) is 18.9 Å².